The zero-order valence-corrected chi connectivity index (χ0v) is 33.2. The molecule has 11 heteroatoms. The number of rotatable bonds is 10. The van der Waals surface area contributed by atoms with E-state index in [-0.39, 0.29) is 35.7 Å². The second-order valence-electron chi connectivity index (χ2n) is 16.2. The highest BCUT2D eigenvalue weighted by atomic mass is 28.3. The van der Waals surface area contributed by atoms with Gasteiger partial charge in [-0.05, 0) is 90.7 Å². The fraction of sp³-hybridized carbons (Fsp3) is 0.548. The first-order chi connectivity index (χ1) is 25.5. The molecule has 3 atom stereocenters. The number of anilines is 1. The van der Waals surface area contributed by atoms with Crippen molar-refractivity contribution >= 4 is 35.6 Å². The maximum atomic E-state index is 17.4. The summed E-state index contributed by atoms with van der Waals surface area (Å²) in [6, 6.07) is 6.79. The fourth-order valence-corrected chi connectivity index (χ4v) is 14.7. The first kappa shape index (κ1) is 37.5. The van der Waals surface area contributed by atoms with Crippen molar-refractivity contribution in [2.75, 3.05) is 45.0 Å². The second-order valence-corrected chi connectivity index (χ2v) is 21.8. The molecule has 282 valence electrons. The molecule has 2 bridgehead atoms. The lowest BCUT2D eigenvalue weighted by atomic mass is 9.95. The Morgan fingerprint density at radius 2 is 1.72 bits per heavy atom. The van der Waals surface area contributed by atoms with E-state index in [1.165, 1.54) is 32.4 Å². The van der Waals surface area contributed by atoms with Gasteiger partial charge in [-0.1, -0.05) is 53.5 Å². The van der Waals surface area contributed by atoms with Crippen LogP contribution >= 0.6 is 0 Å². The van der Waals surface area contributed by atoms with Gasteiger partial charge in [0.25, 0.3) is 0 Å². The third-order valence-electron chi connectivity index (χ3n) is 12.0. The van der Waals surface area contributed by atoms with Crippen LogP contribution < -0.4 is 19.7 Å². The van der Waals surface area contributed by atoms with E-state index in [1.54, 1.807) is 18.3 Å². The van der Waals surface area contributed by atoms with Crippen molar-refractivity contribution in [3.8, 4) is 34.5 Å². The number of ether oxygens (including phenoxy) is 3. The molecule has 0 amide bonds. The zero-order valence-electron chi connectivity index (χ0n) is 32.2. The number of piperidine rings is 2. The summed E-state index contributed by atoms with van der Waals surface area (Å²) in [5, 5.41) is 5.06. The minimum atomic E-state index is -2.25. The van der Waals surface area contributed by atoms with Gasteiger partial charge < -0.3 is 24.4 Å². The number of nitrogens with zero attached hydrogens (tertiary/aromatic N) is 4. The number of methoxy groups -OCH3 is 1. The van der Waals surface area contributed by atoms with E-state index in [0.717, 1.165) is 32.5 Å². The number of fused-ring (bicyclic) bond motifs is 4. The van der Waals surface area contributed by atoms with Gasteiger partial charge >= 0.3 is 6.01 Å². The van der Waals surface area contributed by atoms with Crippen LogP contribution in [0.1, 0.15) is 79.2 Å². The maximum absolute atomic E-state index is 17.4. The van der Waals surface area contributed by atoms with Crippen molar-refractivity contribution < 1.29 is 23.0 Å². The number of nitrogens with one attached hydrogen (secondary N) is 1. The van der Waals surface area contributed by atoms with E-state index in [2.05, 4.69) is 63.2 Å². The molecule has 7 rings (SSSR count). The SMILES string of the molecule is COCOc1cc(-c2ncc3c(N4CC5CCC(C5)C4)nc(OC4CCCNC4)nc3c2F)c2c(C#C[Si](C(C)C)(C(C)C)C(C)C)c(F)ccc2c1. The highest BCUT2D eigenvalue weighted by Crippen LogP contribution is 2.44. The monoisotopic (exact) mass is 741 g/mol. The largest absolute Gasteiger partial charge is 0.468 e. The molecule has 3 aliphatic rings. The molecule has 3 fully saturated rings. The molecular weight excluding hydrogens is 689 g/mol. The van der Waals surface area contributed by atoms with Crippen LogP contribution in [0.25, 0.3) is 32.9 Å². The average Bonchev–Trinajstić information content (AvgIpc) is 3.48. The first-order valence-corrected chi connectivity index (χ1v) is 21.6. The summed E-state index contributed by atoms with van der Waals surface area (Å²) in [6.07, 6.45) is 7.02. The lowest BCUT2D eigenvalue weighted by molar-refractivity contribution is 0.0512. The van der Waals surface area contributed by atoms with E-state index < -0.39 is 19.7 Å². The van der Waals surface area contributed by atoms with Crippen LogP contribution in [0.5, 0.6) is 11.8 Å². The zero-order chi connectivity index (χ0) is 37.4. The van der Waals surface area contributed by atoms with E-state index in [4.69, 9.17) is 29.2 Å². The third-order valence-corrected chi connectivity index (χ3v) is 18.3. The molecule has 1 saturated carbocycles. The van der Waals surface area contributed by atoms with Gasteiger partial charge in [-0.25, -0.2) is 8.78 Å². The van der Waals surface area contributed by atoms with Gasteiger partial charge in [-0.2, -0.15) is 9.97 Å². The standard InChI is InChI=1S/C42H53F2N5O3Si/c1-25(2)53(26(3)4,27(5)6)16-14-33-36(43)13-12-30-18-32(51-24-50-7)19-34(37(30)33)39-38(44)40-35(21-46-39)41(49-22-28-10-11-29(17-28)23-49)48-42(47-40)52-31-9-8-15-45-20-31/h12-13,18-19,21,25-29,31,45H,8-11,15,17,20,22-24H2,1-7H3. The quantitative estimate of drug-likeness (QED) is 0.0980. The Bertz CT molecular complexity index is 2010. The molecule has 2 aromatic carbocycles. The van der Waals surface area contributed by atoms with Gasteiger partial charge in [0.05, 0.1) is 10.9 Å². The Balaban J connectivity index is 1.45. The Labute approximate surface area is 313 Å². The van der Waals surface area contributed by atoms with Crippen molar-refractivity contribution in [2.45, 2.75) is 96.4 Å². The lowest BCUT2D eigenvalue weighted by Gasteiger charge is -2.38. The van der Waals surface area contributed by atoms with Crippen LogP contribution in [0.4, 0.5) is 14.6 Å². The molecule has 8 nitrogen and oxygen atoms in total. The van der Waals surface area contributed by atoms with Gasteiger partial charge in [0.15, 0.2) is 12.6 Å². The number of hydrogen-bond donors (Lipinski definition) is 1. The Hall–Kier alpha value is -3.85. The molecule has 1 aliphatic carbocycles. The minimum Gasteiger partial charge on any atom is -0.468 e. The Kier molecular flexibility index (Phi) is 10.9. The molecule has 1 N–H and O–H groups in total. The van der Waals surface area contributed by atoms with E-state index in [1.807, 2.05) is 6.07 Å². The van der Waals surface area contributed by atoms with Crippen LogP contribution in [0.3, 0.4) is 0 Å². The summed E-state index contributed by atoms with van der Waals surface area (Å²) >= 11 is 0. The van der Waals surface area contributed by atoms with Crippen molar-refractivity contribution in [1.82, 2.24) is 20.3 Å². The molecule has 0 radical (unpaired) electrons. The highest BCUT2D eigenvalue weighted by Gasteiger charge is 2.42. The molecule has 2 aliphatic heterocycles. The summed E-state index contributed by atoms with van der Waals surface area (Å²) in [5.74, 6) is 4.54. The number of benzene rings is 2. The van der Waals surface area contributed by atoms with E-state index >= 15 is 8.78 Å². The van der Waals surface area contributed by atoms with E-state index in [0.29, 0.717) is 68.3 Å². The predicted octanol–water partition coefficient (Wildman–Crippen LogP) is 9.04. The van der Waals surface area contributed by atoms with Crippen molar-refractivity contribution in [2.24, 2.45) is 11.8 Å². The second kappa shape index (κ2) is 15.5. The van der Waals surface area contributed by atoms with Gasteiger partial charge in [0.1, 0.15) is 42.8 Å². The lowest BCUT2D eigenvalue weighted by Crippen LogP contribution is -2.43. The third kappa shape index (κ3) is 7.22. The molecule has 2 aromatic heterocycles. The topological polar surface area (TPSA) is 81.6 Å². The molecule has 53 heavy (non-hydrogen) atoms. The smallest absolute Gasteiger partial charge is 0.319 e. The van der Waals surface area contributed by atoms with Gasteiger partial charge in [0.2, 0.25) is 0 Å². The minimum absolute atomic E-state index is 0.0111. The van der Waals surface area contributed by atoms with Gasteiger partial charge in [-0.15, -0.1) is 5.54 Å². The number of hydrogen-bond acceptors (Lipinski definition) is 8. The summed E-state index contributed by atoms with van der Waals surface area (Å²) in [6.45, 7) is 16.7. The Morgan fingerprint density at radius 3 is 2.38 bits per heavy atom. The molecule has 2 saturated heterocycles. The van der Waals surface area contributed by atoms with E-state index in [9.17, 15) is 0 Å². The van der Waals surface area contributed by atoms with Crippen LogP contribution in [0.2, 0.25) is 16.6 Å². The van der Waals surface area contributed by atoms with Crippen LogP contribution in [0.15, 0.2) is 30.5 Å². The number of halogens is 2. The fourth-order valence-electron chi connectivity index (χ4n) is 9.49. The summed E-state index contributed by atoms with van der Waals surface area (Å²) < 4.78 is 51.1. The molecule has 3 unspecified atom stereocenters. The summed E-state index contributed by atoms with van der Waals surface area (Å²) in [5.41, 5.74) is 5.52. The van der Waals surface area contributed by atoms with Crippen molar-refractivity contribution in [3.63, 3.8) is 0 Å². The molecular formula is C42H53F2N5O3Si. The van der Waals surface area contributed by atoms with Crippen LogP contribution in [-0.2, 0) is 4.74 Å². The van der Waals surface area contributed by atoms with Crippen molar-refractivity contribution in [3.05, 3.63) is 47.7 Å². The Morgan fingerprint density at radius 1 is 0.981 bits per heavy atom. The molecule has 4 heterocycles. The number of aromatic nitrogens is 3. The average molecular weight is 742 g/mol. The highest BCUT2D eigenvalue weighted by molar-refractivity contribution is 6.90. The van der Waals surface area contributed by atoms with Crippen LogP contribution in [-0.4, -0.2) is 69.2 Å². The molecule has 0 spiro atoms. The predicted molar refractivity (Wildman–Crippen MR) is 210 cm³/mol. The maximum Gasteiger partial charge on any atom is 0.319 e. The van der Waals surface area contributed by atoms with Crippen LogP contribution in [0, 0.1) is 34.9 Å². The summed E-state index contributed by atoms with van der Waals surface area (Å²) in [7, 11) is -0.706. The first-order valence-electron chi connectivity index (χ1n) is 19.4. The van der Waals surface area contributed by atoms with Gasteiger partial charge in [0, 0.05) is 43.9 Å². The van der Waals surface area contributed by atoms with Crippen molar-refractivity contribution in [1.29, 1.82) is 0 Å². The molecule has 4 aromatic rings. The normalized spacial score (nSPS) is 20.5. The summed E-state index contributed by atoms with van der Waals surface area (Å²) in [4.78, 5) is 16.7. The van der Waals surface area contributed by atoms with Gasteiger partial charge in [-0.3, -0.25) is 4.98 Å². The number of pyridine rings is 1.